The molecule has 0 fully saturated rings. The van der Waals surface area contributed by atoms with Crippen molar-refractivity contribution in [2.75, 3.05) is 5.75 Å². The third-order valence-electron chi connectivity index (χ3n) is 2.39. The molecule has 106 valence electrons. The third-order valence-corrected chi connectivity index (χ3v) is 3.79. The fourth-order valence-electron chi connectivity index (χ4n) is 1.15. The van der Waals surface area contributed by atoms with Crippen LogP contribution >= 0.6 is 11.8 Å². The van der Waals surface area contributed by atoms with Crippen molar-refractivity contribution in [1.29, 1.82) is 0 Å². The summed E-state index contributed by atoms with van der Waals surface area (Å²) in [5, 5.41) is 0.422. The van der Waals surface area contributed by atoms with Crippen LogP contribution in [-0.2, 0) is 11.0 Å². The van der Waals surface area contributed by atoms with Gasteiger partial charge in [-0.25, -0.2) is 10.8 Å². The van der Waals surface area contributed by atoms with Crippen LogP contribution in [0.2, 0.25) is 0 Å². The summed E-state index contributed by atoms with van der Waals surface area (Å²) in [6.07, 6.45) is -3.62. The second-order valence-corrected chi connectivity index (χ2v) is 5.52. The highest BCUT2D eigenvalue weighted by molar-refractivity contribution is 7.99. The number of carbonyl (C=O) groups excluding carboxylic acids is 1. The lowest BCUT2D eigenvalue weighted by molar-refractivity contribution is -0.137. The lowest BCUT2D eigenvalue weighted by Crippen LogP contribution is -2.42. The molecule has 1 aromatic rings. The average Bonchev–Trinajstić information content (AvgIpc) is 2.35. The van der Waals surface area contributed by atoms with E-state index in [2.05, 4.69) is 4.98 Å². The summed E-state index contributed by atoms with van der Waals surface area (Å²) >= 11 is 1.20. The van der Waals surface area contributed by atoms with Gasteiger partial charge in [-0.05, 0) is 12.1 Å². The summed E-state index contributed by atoms with van der Waals surface area (Å²) in [5.74, 6) is 5.06. The summed E-state index contributed by atoms with van der Waals surface area (Å²) in [6.45, 7) is 3.37. The summed E-state index contributed by atoms with van der Waals surface area (Å²) in [7, 11) is 0. The molecular weight excluding hydrogens is 279 g/mol. The summed E-state index contributed by atoms with van der Waals surface area (Å²) in [6, 6.07) is 2.25. The lowest BCUT2D eigenvalue weighted by atomic mass is 9.96. The zero-order valence-corrected chi connectivity index (χ0v) is 11.2. The van der Waals surface area contributed by atoms with E-state index in [1.54, 1.807) is 13.8 Å². The second-order valence-electron chi connectivity index (χ2n) is 4.53. The van der Waals surface area contributed by atoms with Crippen LogP contribution in [0, 0.1) is 5.41 Å². The van der Waals surface area contributed by atoms with E-state index >= 15 is 0 Å². The Kier molecular flexibility index (Phi) is 4.81. The first-order chi connectivity index (χ1) is 8.66. The Morgan fingerprint density at radius 1 is 1.42 bits per heavy atom. The van der Waals surface area contributed by atoms with Crippen molar-refractivity contribution in [3.05, 3.63) is 23.9 Å². The molecule has 0 bridgehead atoms. The number of thioether (sulfide) groups is 1. The predicted octanol–water partition coefficient (Wildman–Crippen LogP) is 2.21. The van der Waals surface area contributed by atoms with Gasteiger partial charge >= 0.3 is 6.18 Å². The number of nitrogens with zero attached hydrogens (tertiary/aromatic N) is 1. The minimum Gasteiger partial charge on any atom is -0.294 e. The Balaban J connectivity index is 2.67. The van der Waals surface area contributed by atoms with Gasteiger partial charge in [0, 0.05) is 11.9 Å². The van der Waals surface area contributed by atoms with Crippen LogP contribution in [0.4, 0.5) is 13.2 Å². The highest BCUT2D eigenvalue weighted by atomic mass is 32.2. The number of carbonyl (C=O) groups is 1. The first-order valence-corrected chi connectivity index (χ1v) is 6.32. The number of rotatable bonds is 4. The van der Waals surface area contributed by atoms with Gasteiger partial charge in [-0.2, -0.15) is 13.2 Å². The SMILES string of the molecule is CC(C)(CSc1ccc(C(F)(F)F)cn1)C(=O)NN. The van der Waals surface area contributed by atoms with Gasteiger partial charge in [0.25, 0.3) is 0 Å². The predicted molar refractivity (Wildman–Crippen MR) is 66.1 cm³/mol. The standard InChI is InChI=1S/C11H14F3N3OS/c1-10(2,9(18)17-15)6-19-8-4-3-7(5-16-8)11(12,13)14/h3-5H,6,15H2,1-2H3,(H,17,18). The van der Waals surface area contributed by atoms with E-state index in [-0.39, 0.29) is 5.91 Å². The molecule has 0 radical (unpaired) electrons. The fraction of sp³-hybridized carbons (Fsp3) is 0.455. The zero-order valence-electron chi connectivity index (χ0n) is 10.4. The first-order valence-electron chi connectivity index (χ1n) is 5.34. The van der Waals surface area contributed by atoms with Crippen LogP contribution in [0.1, 0.15) is 19.4 Å². The number of pyridine rings is 1. The van der Waals surface area contributed by atoms with E-state index in [4.69, 9.17) is 5.84 Å². The fourth-order valence-corrected chi connectivity index (χ4v) is 2.08. The van der Waals surface area contributed by atoms with Crippen LogP contribution in [0.3, 0.4) is 0 Å². The van der Waals surface area contributed by atoms with Crippen LogP contribution in [-0.4, -0.2) is 16.6 Å². The number of aromatic nitrogens is 1. The van der Waals surface area contributed by atoms with E-state index in [1.807, 2.05) is 5.43 Å². The monoisotopic (exact) mass is 293 g/mol. The molecule has 0 atom stereocenters. The number of halogens is 3. The summed E-state index contributed by atoms with van der Waals surface area (Å²) < 4.78 is 37.0. The zero-order chi connectivity index (χ0) is 14.7. The van der Waals surface area contributed by atoms with Crippen molar-refractivity contribution in [2.45, 2.75) is 25.0 Å². The van der Waals surface area contributed by atoms with Crippen molar-refractivity contribution < 1.29 is 18.0 Å². The van der Waals surface area contributed by atoms with E-state index in [0.29, 0.717) is 10.8 Å². The smallest absolute Gasteiger partial charge is 0.294 e. The van der Waals surface area contributed by atoms with E-state index < -0.39 is 17.2 Å². The number of nitrogens with one attached hydrogen (secondary N) is 1. The average molecular weight is 293 g/mol. The molecule has 1 aromatic heterocycles. The van der Waals surface area contributed by atoms with Gasteiger partial charge in [-0.15, -0.1) is 11.8 Å². The van der Waals surface area contributed by atoms with Crippen LogP contribution in [0.25, 0.3) is 0 Å². The lowest BCUT2D eigenvalue weighted by Gasteiger charge is -2.21. The van der Waals surface area contributed by atoms with Crippen molar-refractivity contribution >= 4 is 17.7 Å². The van der Waals surface area contributed by atoms with Gasteiger partial charge in [0.05, 0.1) is 16.0 Å². The molecule has 3 N–H and O–H groups in total. The first kappa shape index (κ1) is 15.8. The molecule has 1 rings (SSSR count). The molecule has 0 spiro atoms. The Labute approximate surface area is 112 Å². The molecule has 1 heterocycles. The van der Waals surface area contributed by atoms with Crippen LogP contribution in [0.15, 0.2) is 23.4 Å². The highest BCUT2D eigenvalue weighted by Gasteiger charge is 2.31. The van der Waals surface area contributed by atoms with Gasteiger partial charge in [0.15, 0.2) is 0 Å². The molecule has 0 unspecified atom stereocenters. The molecule has 19 heavy (non-hydrogen) atoms. The Morgan fingerprint density at radius 3 is 2.47 bits per heavy atom. The van der Waals surface area contributed by atoms with E-state index in [9.17, 15) is 18.0 Å². The third kappa shape index (κ3) is 4.39. The van der Waals surface area contributed by atoms with E-state index in [0.717, 1.165) is 12.3 Å². The van der Waals surface area contributed by atoms with Gasteiger partial charge in [-0.3, -0.25) is 10.2 Å². The van der Waals surface area contributed by atoms with Crippen LogP contribution in [0.5, 0.6) is 0 Å². The minimum absolute atomic E-state index is 0.341. The Hall–Kier alpha value is -1.28. The number of nitrogens with two attached hydrogens (primary N) is 1. The Bertz CT molecular complexity index is 445. The molecule has 1 amide bonds. The molecule has 4 nitrogen and oxygen atoms in total. The van der Waals surface area contributed by atoms with Crippen molar-refractivity contribution in [2.24, 2.45) is 11.3 Å². The van der Waals surface area contributed by atoms with Crippen molar-refractivity contribution in [3.63, 3.8) is 0 Å². The molecule has 0 saturated carbocycles. The van der Waals surface area contributed by atoms with Gasteiger partial charge in [0.2, 0.25) is 5.91 Å². The van der Waals surface area contributed by atoms with E-state index in [1.165, 1.54) is 17.8 Å². The normalized spacial score (nSPS) is 12.3. The van der Waals surface area contributed by atoms with Gasteiger partial charge < -0.3 is 0 Å². The maximum Gasteiger partial charge on any atom is 0.417 e. The van der Waals surface area contributed by atoms with Crippen LogP contribution < -0.4 is 11.3 Å². The quantitative estimate of drug-likeness (QED) is 0.386. The molecule has 0 aliphatic carbocycles. The number of amides is 1. The molecule has 0 aliphatic heterocycles. The van der Waals surface area contributed by atoms with Gasteiger partial charge in [-0.1, -0.05) is 13.8 Å². The number of hydrazine groups is 1. The molecule has 0 aliphatic rings. The number of alkyl halides is 3. The maximum atomic E-state index is 12.3. The number of hydrogen-bond acceptors (Lipinski definition) is 4. The second kappa shape index (κ2) is 5.79. The highest BCUT2D eigenvalue weighted by Crippen LogP contribution is 2.31. The van der Waals surface area contributed by atoms with Crippen molar-refractivity contribution in [3.8, 4) is 0 Å². The van der Waals surface area contributed by atoms with Gasteiger partial charge in [0.1, 0.15) is 0 Å². The molecule has 8 heteroatoms. The number of hydrogen-bond donors (Lipinski definition) is 2. The Morgan fingerprint density at radius 2 is 2.05 bits per heavy atom. The topological polar surface area (TPSA) is 68.0 Å². The maximum absolute atomic E-state index is 12.3. The largest absolute Gasteiger partial charge is 0.417 e. The van der Waals surface area contributed by atoms with Crippen molar-refractivity contribution in [1.82, 2.24) is 10.4 Å². The molecule has 0 saturated heterocycles. The molecule has 0 aromatic carbocycles. The summed E-state index contributed by atoms with van der Waals surface area (Å²) in [4.78, 5) is 15.1. The minimum atomic E-state index is -4.39. The molecular formula is C11H14F3N3OS. The summed E-state index contributed by atoms with van der Waals surface area (Å²) in [5.41, 5.74) is 0.521.